The van der Waals surface area contributed by atoms with Gasteiger partial charge in [0.05, 0.1) is 17.7 Å². The molecule has 214 valence electrons. The second-order valence-corrected chi connectivity index (χ2v) is 9.12. The number of pyridine rings is 1. The van der Waals surface area contributed by atoms with Gasteiger partial charge in [0, 0.05) is 31.6 Å². The number of halogens is 3. The minimum Gasteiger partial charge on any atom is -0.447 e. The van der Waals surface area contributed by atoms with Gasteiger partial charge in [-0.05, 0) is 47.7 Å². The van der Waals surface area contributed by atoms with Crippen LogP contribution in [0, 0.1) is 11.6 Å². The number of amides is 3. The SMILES string of the molecule is CC(=O)N(NCc1cccc(F)c1Cl)[C@@H](CCNC(=O)[C@H](N)CO)COC(=O)Nc1cc2cc(F)ccc2cn1. The van der Waals surface area contributed by atoms with Gasteiger partial charge in [0.1, 0.15) is 30.1 Å². The van der Waals surface area contributed by atoms with Crippen LogP contribution in [0.2, 0.25) is 5.02 Å². The van der Waals surface area contributed by atoms with Crippen molar-refractivity contribution in [3.05, 3.63) is 70.9 Å². The van der Waals surface area contributed by atoms with Crippen LogP contribution in [-0.2, 0) is 20.9 Å². The molecular weight excluding hydrogens is 550 g/mol. The summed E-state index contributed by atoms with van der Waals surface area (Å²) in [5, 5.41) is 16.3. The molecule has 0 spiro atoms. The number of fused-ring (bicyclic) bond motifs is 1. The highest BCUT2D eigenvalue weighted by molar-refractivity contribution is 6.31. The first-order chi connectivity index (χ1) is 19.1. The van der Waals surface area contributed by atoms with Crippen molar-refractivity contribution in [1.82, 2.24) is 20.7 Å². The Bertz CT molecular complexity index is 1360. The first-order valence-corrected chi connectivity index (χ1v) is 12.6. The molecule has 1 aromatic heterocycles. The topological polar surface area (TPSA) is 159 Å². The van der Waals surface area contributed by atoms with Gasteiger partial charge in [-0.15, -0.1) is 0 Å². The van der Waals surface area contributed by atoms with E-state index in [1.165, 1.54) is 48.5 Å². The molecule has 3 rings (SSSR count). The zero-order chi connectivity index (χ0) is 29.2. The number of rotatable bonds is 12. The van der Waals surface area contributed by atoms with E-state index < -0.39 is 48.2 Å². The summed E-state index contributed by atoms with van der Waals surface area (Å²) >= 11 is 6.02. The standard InChI is InChI=1S/C26H29ClF2N6O5/c1-15(37)35(33-12-17-3-2-4-21(29)24(17)27)20(7-8-31-25(38)22(30)13-36)14-40-26(39)34-23-10-18-9-19(28)6-5-16(18)11-32-23/h2-6,9-11,20,22,33,36H,7-8,12-14,30H2,1H3,(H,31,38)(H,32,34,39)/t20-,22+/m0/s1. The third-order valence-corrected chi connectivity index (χ3v) is 6.23. The number of nitrogens with one attached hydrogen (secondary N) is 3. The van der Waals surface area contributed by atoms with Gasteiger partial charge < -0.3 is 20.9 Å². The minimum absolute atomic E-state index is 0.0200. The van der Waals surface area contributed by atoms with Crippen LogP contribution in [0.4, 0.5) is 19.4 Å². The Hall–Kier alpha value is -3.91. The van der Waals surface area contributed by atoms with Gasteiger partial charge in [-0.25, -0.2) is 24.0 Å². The van der Waals surface area contributed by atoms with Crippen molar-refractivity contribution in [3.8, 4) is 0 Å². The summed E-state index contributed by atoms with van der Waals surface area (Å²) < 4.78 is 32.8. The Morgan fingerprint density at radius 2 is 1.95 bits per heavy atom. The fourth-order valence-corrected chi connectivity index (χ4v) is 3.90. The number of ether oxygens (including phenoxy) is 1. The maximum absolute atomic E-state index is 13.9. The number of hydrazine groups is 1. The summed E-state index contributed by atoms with van der Waals surface area (Å²) in [5.74, 6) is -2.02. The summed E-state index contributed by atoms with van der Waals surface area (Å²) in [6, 6.07) is 7.93. The molecule has 0 fully saturated rings. The summed E-state index contributed by atoms with van der Waals surface area (Å²) in [6.45, 7) is 0.388. The van der Waals surface area contributed by atoms with E-state index in [0.717, 1.165) is 0 Å². The van der Waals surface area contributed by atoms with Crippen molar-refractivity contribution in [2.45, 2.75) is 32.0 Å². The number of aliphatic hydroxyl groups is 1. The van der Waals surface area contributed by atoms with Gasteiger partial charge in [-0.3, -0.25) is 19.9 Å². The molecule has 0 saturated heterocycles. The van der Waals surface area contributed by atoms with E-state index in [1.807, 2.05) is 0 Å². The number of hydrogen-bond donors (Lipinski definition) is 5. The van der Waals surface area contributed by atoms with Crippen molar-refractivity contribution in [2.24, 2.45) is 5.73 Å². The van der Waals surface area contributed by atoms with Crippen molar-refractivity contribution in [3.63, 3.8) is 0 Å². The summed E-state index contributed by atoms with van der Waals surface area (Å²) in [4.78, 5) is 41.1. The van der Waals surface area contributed by atoms with E-state index in [0.29, 0.717) is 16.3 Å². The van der Waals surface area contributed by atoms with Crippen molar-refractivity contribution >= 4 is 46.1 Å². The van der Waals surface area contributed by atoms with Crippen LogP contribution >= 0.6 is 11.6 Å². The second kappa shape index (κ2) is 14.5. The highest BCUT2D eigenvalue weighted by Gasteiger charge is 2.24. The monoisotopic (exact) mass is 578 g/mol. The largest absolute Gasteiger partial charge is 0.447 e. The molecule has 0 unspecified atom stereocenters. The third-order valence-electron chi connectivity index (χ3n) is 5.81. The van der Waals surface area contributed by atoms with Gasteiger partial charge in [0.15, 0.2) is 0 Å². The van der Waals surface area contributed by atoms with E-state index in [9.17, 15) is 23.2 Å². The lowest BCUT2D eigenvalue weighted by Crippen LogP contribution is -2.52. The van der Waals surface area contributed by atoms with E-state index in [2.05, 4.69) is 21.0 Å². The fraction of sp³-hybridized carbons (Fsp3) is 0.308. The van der Waals surface area contributed by atoms with Crippen LogP contribution in [-0.4, -0.2) is 64.8 Å². The van der Waals surface area contributed by atoms with Gasteiger partial charge in [-0.2, -0.15) is 0 Å². The Balaban J connectivity index is 1.69. The fourth-order valence-electron chi connectivity index (χ4n) is 3.71. The maximum atomic E-state index is 13.9. The van der Waals surface area contributed by atoms with Crippen LogP contribution in [0.1, 0.15) is 18.9 Å². The van der Waals surface area contributed by atoms with Crippen LogP contribution in [0.5, 0.6) is 0 Å². The average Bonchev–Trinajstić information content (AvgIpc) is 2.92. The van der Waals surface area contributed by atoms with Gasteiger partial charge in [0.2, 0.25) is 11.8 Å². The summed E-state index contributed by atoms with van der Waals surface area (Å²) in [5.41, 5.74) is 8.76. The Morgan fingerprint density at radius 1 is 1.18 bits per heavy atom. The molecule has 2 atom stereocenters. The van der Waals surface area contributed by atoms with Crippen LogP contribution in [0.15, 0.2) is 48.7 Å². The van der Waals surface area contributed by atoms with Crippen LogP contribution < -0.4 is 21.8 Å². The van der Waals surface area contributed by atoms with Crippen LogP contribution in [0.25, 0.3) is 10.8 Å². The molecule has 0 aliphatic heterocycles. The number of carbonyl (C=O) groups excluding carboxylic acids is 3. The quantitative estimate of drug-likeness (QED) is 0.205. The van der Waals surface area contributed by atoms with Crippen LogP contribution in [0.3, 0.4) is 0 Å². The summed E-state index contributed by atoms with van der Waals surface area (Å²) in [7, 11) is 0. The number of carbonyl (C=O) groups is 3. The molecule has 3 amide bonds. The van der Waals surface area contributed by atoms with E-state index in [-0.39, 0.29) is 37.0 Å². The Labute approximate surface area is 233 Å². The molecule has 14 heteroatoms. The van der Waals surface area contributed by atoms with Gasteiger partial charge >= 0.3 is 6.09 Å². The third kappa shape index (κ3) is 8.55. The lowest BCUT2D eigenvalue weighted by molar-refractivity contribution is -0.136. The molecule has 2 aromatic carbocycles. The molecule has 6 N–H and O–H groups in total. The first kappa shape index (κ1) is 30.6. The highest BCUT2D eigenvalue weighted by Crippen LogP contribution is 2.20. The smallest absolute Gasteiger partial charge is 0.412 e. The lowest BCUT2D eigenvalue weighted by Gasteiger charge is -2.31. The zero-order valence-electron chi connectivity index (χ0n) is 21.5. The molecule has 0 radical (unpaired) electrons. The number of nitrogens with two attached hydrogens (primary N) is 1. The Morgan fingerprint density at radius 3 is 2.67 bits per heavy atom. The number of hydrogen-bond acceptors (Lipinski definition) is 8. The first-order valence-electron chi connectivity index (χ1n) is 12.2. The van der Waals surface area contributed by atoms with Crippen molar-refractivity contribution < 1.29 is 33.0 Å². The molecule has 3 aromatic rings. The predicted octanol–water partition coefficient (Wildman–Crippen LogP) is 2.46. The summed E-state index contributed by atoms with van der Waals surface area (Å²) in [6.07, 6.45) is 0.677. The normalized spacial score (nSPS) is 12.4. The number of aliphatic hydroxyl groups excluding tert-OH is 1. The molecule has 11 nitrogen and oxygen atoms in total. The van der Waals surface area contributed by atoms with Crippen molar-refractivity contribution in [2.75, 3.05) is 25.1 Å². The molecule has 0 aliphatic rings. The highest BCUT2D eigenvalue weighted by atomic mass is 35.5. The van der Waals surface area contributed by atoms with Gasteiger partial charge in [0.25, 0.3) is 0 Å². The van der Waals surface area contributed by atoms with E-state index in [4.69, 9.17) is 27.2 Å². The zero-order valence-corrected chi connectivity index (χ0v) is 22.3. The molecule has 0 aliphatic carbocycles. The van der Waals surface area contributed by atoms with Gasteiger partial charge in [-0.1, -0.05) is 23.7 Å². The molecular formula is C26H29ClF2N6O5. The Kier molecular flexibility index (Phi) is 11.1. The number of nitrogens with zero attached hydrogens (tertiary/aromatic N) is 2. The van der Waals surface area contributed by atoms with E-state index >= 15 is 0 Å². The predicted molar refractivity (Wildman–Crippen MR) is 144 cm³/mol. The number of benzene rings is 2. The lowest BCUT2D eigenvalue weighted by atomic mass is 10.2. The minimum atomic E-state index is -1.12. The average molecular weight is 579 g/mol. The molecule has 0 bridgehead atoms. The molecule has 40 heavy (non-hydrogen) atoms. The molecule has 1 heterocycles. The molecule has 0 saturated carbocycles. The second-order valence-electron chi connectivity index (χ2n) is 8.74. The number of aromatic nitrogens is 1. The number of anilines is 1. The van der Waals surface area contributed by atoms with E-state index in [1.54, 1.807) is 12.1 Å². The van der Waals surface area contributed by atoms with Crippen molar-refractivity contribution in [1.29, 1.82) is 0 Å². The maximum Gasteiger partial charge on any atom is 0.412 e.